The standard InChI is InChI=1S/C18H21N3O2/c22-18(15-10-14-6-7-16(15)23-14)20-11-17-19-8-9-21(17)12-13-4-2-1-3-5-13/h1-5,8-9,14-16H,6-7,10-12H2,(H,20,22)/t14-,15+,16-/m1/s1. The average molecular weight is 311 g/mol. The summed E-state index contributed by atoms with van der Waals surface area (Å²) in [5.41, 5.74) is 1.22. The summed E-state index contributed by atoms with van der Waals surface area (Å²) in [5.74, 6) is 1.00. The van der Waals surface area contributed by atoms with Crippen LogP contribution in [0.3, 0.4) is 0 Å². The summed E-state index contributed by atoms with van der Waals surface area (Å²) in [5, 5.41) is 3.04. The van der Waals surface area contributed by atoms with Crippen molar-refractivity contribution < 1.29 is 9.53 Å². The molecule has 2 fully saturated rings. The molecule has 2 bridgehead atoms. The van der Waals surface area contributed by atoms with Crippen LogP contribution in [-0.2, 0) is 22.6 Å². The fraction of sp³-hybridized carbons (Fsp3) is 0.444. The van der Waals surface area contributed by atoms with Gasteiger partial charge in [-0.25, -0.2) is 4.98 Å². The Kier molecular flexibility index (Phi) is 3.87. The molecule has 0 radical (unpaired) electrons. The first-order valence-electron chi connectivity index (χ1n) is 8.27. The Bertz CT molecular complexity index is 683. The molecule has 1 aromatic heterocycles. The maximum atomic E-state index is 12.4. The van der Waals surface area contributed by atoms with Gasteiger partial charge in [-0.3, -0.25) is 4.79 Å². The molecule has 2 aliphatic heterocycles. The van der Waals surface area contributed by atoms with Gasteiger partial charge >= 0.3 is 0 Å². The van der Waals surface area contributed by atoms with Gasteiger partial charge in [0.15, 0.2) is 0 Å². The van der Waals surface area contributed by atoms with Crippen LogP contribution in [0.2, 0.25) is 0 Å². The van der Waals surface area contributed by atoms with Crippen molar-refractivity contribution in [2.45, 2.75) is 44.6 Å². The number of carbonyl (C=O) groups is 1. The molecule has 1 N–H and O–H groups in total. The fourth-order valence-electron chi connectivity index (χ4n) is 3.64. The molecule has 120 valence electrons. The van der Waals surface area contributed by atoms with E-state index in [-0.39, 0.29) is 17.9 Å². The summed E-state index contributed by atoms with van der Waals surface area (Å²) in [4.78, 5) is 16.7. The molecule has 0 saturated carbocycles. The third-order valence-corrected chi connectivity index (χ3v) is 4.86. The van der Waals surface area contributed by atoms with Gasteiger partial charge in [0.05, 0.1) is 24.7 Å². The average Bonchev–Trinajstić information content (AvgIpc) is 3.30. The van der Waals surface area contributed by atoms with Crippen LogP contribution in [0.5, 0.6) is 0 Å². The van der Waals surface area contributed by atoms with E-state index in [1.807, 2.05) is 24.4 Å². The first kappa shape index (κ1) is 14.5. The first-order chi connectivity index (χ1) is 11.3. The topological polar surface area (TPSA) is 56.2 Å². The number of aromatic nitrogens is 2. The van der Waals surface area contributed by atoms with Crippen molar-refractivity contribution in [2.24, 2.45) is 5.92 Å². The Labute approximate surface area is 135 Å². The van der Waals surface area contributed by atoms with Crippen LogP contribution in [0, 0.1) is 5.92 Å². The van der Waals surface area contributed by atoms with Crippen molar-refractivity contribution in [3.63, 3.8) is 0 Å². The molecule has 1 aromatic carbocycles. The van der Waals surface area contributed by atoms with Crippen molar-refractivity contribution in [1.29, 1.82) is 0 Å². The van der Waals surface area contributed by atoms with Crippen molar-refractivity contribution in [2.75, 3.05) is 0 Å². The Hall–Kier alpha value is -2.14. The second kappa shape index (κ2) is 6.16. The number of nitrogens with zero attached hydrogens (tertiary/aromatic N) is 2. The summed E-state index contributed by atoms with van der Waals surface area (Å²) in [6.07, 6.45) is 7.16. The number of imidazole rings is 1. The fourth-order valence-corrected chi connectivity index (χ4v) is 3.64. The molecule has 3 heterocycles. The normalized spacial score (nSPS) is 25.7. The molecule has 2 aromatic rings. The van der Waals surface area contributed by atoms with Gasteiger partial charge in [0.1, 0.15) is 5.82 Å². The van der Waals surface area contributed by atoms with Crippen LogP contribution in [0.4, 0.5) is 0 Å². The highest BCUT2D eigenvalue weighted by Crippen LogP contribution is 2.38. The SMILES string of the molecule is O=C(NCc1nccn1Cc1ccccc1)[C@H]1C[C@H]2CC[C@H]1O2. The summed E-state index contributed by atoms with van der Waals surface area (Å²) in [6.45, 7) is 1.23. The lowest BCUT2D eigenvalue weighted by atomic mass is 9.88. The number of carbonyl (C=O) groups excluding carboxylic acids is 1. The molecule has 5 heteroatoms. The van der Waals surface area contributed by atoms with Crippen LogP contribution in [-0.4, -0.2) is 27.7 Å². The molecule has 0 aliphatic carbocycles. The minimum atomic E-state index is 0.0197. The monoisotopic (exact) mass is 311 g/mol. The first-order valence-corrected chi connectivity index (χ1v) is 8.27. The van der Waals surface area contributed by atoms with E-state index in [2.05, 4.69) is 27.0 Å². The summed E-state index contributed by atoms with van der Waals surface area (Å²) >= 11 is 0. The van der Waals surface area contributed by atoms with Crippen molar-refractivity contribution in [1.82, 2.24) is 14.9 Å². The van der Waals surface area contributed by atoms with E-state index in [9.17, 15) is 4.79 Å². The summed E-state index contributed by atoms with van der Waals surface area (Å²) < 4.78 is 7.84. The van der Waals surface area contributed by atoms with Gasteiger partial charge in [-0.1, -0.05) is 30.3 Å². The van der Waals surface area contributed by atoms with E-state index >= 15 is 0 Å². The third kappa shape index (κ3) is 3.01. The van der Waals surface area contributed by atoms with Gasteiger partial charge in [0.25, 0.3) is 0 Å². The highest BCUT2D eigenvalue weighted by atomic mass is 16.5. The largest absolute Gasteiger partial charge is 0.374 e. The summed E-state index contributed by atoms with van der Waals surface area (Å²) in [7, 11) is 0. The molecule has 2 saturated heterocycles. The molecular weight excluding hydrogens is 290 g/mol. The predicted molar refractivity (Wildman–Crippen MR) is 85.6 cm³/mol. The quantitative estimate of drug-likeness (QED) is 0.920. The van der Waals surface area contributed by atoms with E-state index in [0.29, 0.717) is 12.6 Å². The van der Waals surface area contributed by atoms with Crippen molar-refractivity contribution in [3.05, 3.63) is 54.1 Å². The molecule has 4 rings (SSSR count). The van der Waals surface area contributed by atoms with Gasteiger partial charge in [-0.05, 0) is 24.8 Å². The second-order valence-corrected chi connectivity index (χ2v) is 6.39. The smallest absolute Gasteiger partial charge is 0.226 e. The summed E-state index contributed by atoms with van der Waals surface area (Å²) in [6, 6.07) is 10.3. The van der Waals surface area contributed by atoms with Gasteiger partial charge in [0, 0.05) is 18.9 Å². The lowest BCUT2D eigenvalue weighted by Crippen LogP contribution is -2.36. The number of nitrogens with one attached hydrogen (secondary N) is 1. The molecule has 0 unspecified atom stereocenters. The molecule has 3 atom stereocenters. The van der Waals surface area contributed by atoms with Crippen LogP contribution in [0.25, 0.3) is 0 Å². The van der Waals surface area contributed by atoms with Crippen molar-refractivity contribution >= 4 is 5.91 Å². The van der Waals surface area contributed by atoms with Crippen LogP contribution >= 0.6 is 0 Å². The minimum Gasteiger partial charge on any atom is -0.374 e. The molecule has 1 amide bonds. The molecule has 5 nitrogen and oxygen atoms in total. The number of fused-ring (bicyclic) bond motifs is 2. The highest BCUT2D eigenvalue weighted by molar-refractivity contribution is 5.79. The predicted octanol–water partition coefficient (Wildman–Crippen LogP) is 2.12. The Morgan fingerprint density at radius 2 is 2.17 bits per heavy atom. The van der Waals surface area contributed by atoms with Crippen LogP contribution in [0.15, 0.2) is 42.7 Å². The zero-order valence-electron chi connectivity index (χ0n) is 13.0. The minimum absolute atomic E-state index is 0.0197. The van der Waals surface area contributed by atoms with E-state index in [1.165, 1.54) is 5.56 Å². The maximum absolute atomic E-state index is 12.4. The maximum Gasteiger partial charge on any atom is 0.226 e. The highest BCUT2D eigenvalue weighted by Gasteiger charge is 2.44. The lowest BCUT2D eigenvalue weighted by Gasteiger charge is -2.18. The number of amides is 1. The van der Waals surface area contributed by atoms with Gasteiger partial charge < -0.3 is 14.6 Å². The number of benzene rings is 1. The number of rotatable bonds is 5. The van der Waals surface area contributed by atoms with Gasteiger partial charge in [-0.2, -0.15) is 0 Å². The number of hydrogen-bond donors (Lipinski definition) is 1. The van der Waals surface area contributed by atoms with Crippen LogP contribution in [0.1, 0.15) is 30.7 Å². The molecule has 2 aliphatic rings. The Balaban J connectivity index is 1.36. The van der Waals surface area contributed by atoms with Crippen LogP contribution < -0.4 is 5.32 Å². The number of ether oxygens (including phenoxy) is 1. The van der Waals surface area contributed by atoms with Gasteiger partial charge in [0.2, 0.25) is 5.91 Å². The third-order valence-electron chi connectivity index (χ3n) is 4.86. The lowest BCUT2D eigenvalue weighted by molar-refractivity contribution is -0.126. The number of hydrogen-bond acceptors (Lipinski definition) is 3. The van der Waals surface area contributed by atoms with E-state index in [0.717, 1.165) is 31.6 Å². The van der Waals surface area contributed by atoms with E-state index in [4.69, 9.17) is 4.74 Å². The Morgan fingerprint density at radius 1 is 1.30 bits per heavy atom. The van der Waals surface area contributed by atoms with E-state index < -0.39 is 0 Å². The molecular formula is C18H21N3O2. The Morgan fingerprint density at radius 3 is 2.91 bits per heavy atom. The van der Waals surface area contributed by atoms with Crippen molar-refractivity contribution in [3.8, 4) is 0 Å². The molecule has 23 heavy (non-hydrogen) atoms. The van der Waals surface area contributed by atoms with Gasteiger partial charge in [-0.15, -0.1) is 0 Å². The van der Waals surface area contributed by atoms with E-state index in [1.54, 1.807) is 6.20 Å². The second-order valence-electron chi connectivity index (χ2n) is 6.39. The molecule has 0 spiro atoms. The zero-order chi connectivity index (χ0) is 15.6. The zero-order valence-corrected chi connectivity index (χ0v) is 13.0.